The highest BCUT2D eigenvalue weighted by Crippen LogP contribution is 2.22. The molecule has 1 N–H and O–H groups in total. The lowest BCUT2D eigenvalue weighted by molar-refractivity contribution is -0.121. The van der Waals surface area contributed by atoms with Crippen molar-refractivity contribution in [1.29, 1.82) is 0 Å². The number of fused-ring (bicyclic) bond motifs is 1. The van der Waals surface area contributed by atoms with Crippen LogP contribution in [0.3, 0.4) is 0 Å². The highest BCUT2D eigenvalue weighted by atomic mass is 19.1. The lowest BCUT2D eigenvalue weighted by atomic mass is 10.0. The number of morpholine rings is 1. The summed E-state index contributed by atoms with van der Waals surface area (Å²) in [6, 6.07) is 14.1. The summed E-state index contributed by atoms with van der Waals surface area (Å²) < 4.78 is 22.3. The van der Waals surface area contributed by atoms with E-state index in [4.69, 9.17) is 4.74 Å². The Balaban J connectivity index is 1.43. The third-order valence-corrected chi connectivity index (χ3v) is 6.17. The SMILES string of the molecule is CCCn1c(=O)n(CCC(=O)NCC(c2ccc(F)cc2)N2CCOCC2)c2ccccc21. The molecule has 8 heteroatoms. The first-order valence-corrected chi connectivity index (χ1v) is 11.6. The molecule has 0 spiro atoms. The molecule has 1 atom stereocenters. The zero-order chi connectivity index (χ0) is 23.2. The molecule has 3 aromatic rings. The number of carbonyl (C=O) groups excluding carboxylic acids is 1. The van der Waals surface area contributed by atoms with Gasteiger partial charge in [-0.1, -0.05) is 31.2 Å². The van der Waals surface area contributed by atoms with Crippen molar-refractivity contribution in [1.82, 2.24) is 19.4 Å². The van der Waals surface area contributed by atoms with Gasteiger partial charge < -0.3 is 10.1 Å². The van der Waals surface area contributed by atoms with Gasteiger partial charge in [0.2, 0.25) is 5.91 Å². The molecular weight excluding hydrogens is 423 g/mol. The fourth-order valence-electron chi connectivity index (χ4n) is 4.47. The van der Waals surface area contributed by atoms with Gasteiger partial charge in [-0.15, -0.1) is 0 Å². The summed E-state index contributed by atoms with van der Waals surface area (Å²) in [5.74, 6) is -0.397. The second kappa shape index (κ2) is 10.8. The van der Waals surface area contributed by atoms with Crippen LogP contribution in [-0.4, -0.2) is 52.8 Å². The van der Waals surface area contributed by atoms with Crippen LogP contribution >= 0.6 is 0 Å². The number of amides is 1. The summed E-state index contributed by atoms with van der Waals surface area (Å²) in [7, 11) is 0. The number of para-hydroxylation sites is 2. The molecule has 33 heavy (non-hydrogen) atoms. The Morgan fingerprint density at radius 3 is 2.30 bits per heavy atom. The first kappa shape index (κ1) is 23.2. The zero-order valence-electron chi connectivity index (χ0n) is 19.0. The molecule has 0 aliphatic carbocycles. The molecule has 176 valence electrons. The Labute approximate surface area is 192 Å². The number of rotatable bonds is 9. The predicted molar refractivity (Wildman–Crippen MR) is 126 cm³/mol. The standard InChI is InChI=1S/C25H31FN4O3/c1-2-12-29-21-5-3-4-6-22(21)30(25(29)32)13-11-24(31)27-18-23(28-14-16-33-17-15-28)19-7-9-20(26)10-8-19/h3-10,23H,2,11-18H2,1H3,(H,27,31). The van der Waals surface area contributed by atoms with Crippen LogP contribution in [0.1, 0.15) is 31.4 Å². The normalized spacial score (nSPS) is 15.6. The number of nitrogens with zero attached hydrogens (tertiary/aromatic N) is 3. The van der Waals surface area contributed by atoms with Gasteiger partial charge in [0.15, 0.2) is 0 Å². The fourth-order valence-corrected chi connectivity index (χ4v) is 4.47. The Morgan fingerprint density at radius 1 is 1.03 bits per heavy atom. The minimum Gasteiger partial charge on any atom is -0.379 e. The van der Waals surface area contributed by atoms with Crippen LogP contribution in [-0.2, 0) is 22.6 Å². The molecule has 4 rings (SSSR count). The molecule has 1 amide bonds. The third kappa shape index (κ3) is 5.34. The molecule has 1 aliphatic heterocycles. The van der Waals surface area contributed by atoms with E-state index >= 15 is 0 Å². The molecule has 0 bridgehead atoms. The fraction of sp³-hybridized carbons (Fsp3) is 0.440. The van der Waals surface area contributed by atoms with Crippen LogP contribution in [0.2, 0.25) is 0 Å². The highest BCUT2D eigenvalue weighted by Gasteiger charge is 2.23. The summed E-state index contributed by atoms with van der Waals surface area (Å²) in [4.78, 5) is 27.9. The molecule has 1 fully saturated rings. The van der Waals surface area contributed by atoms with Crippen LogP contribution < -0.4 is 11.0 Å². The maximum absolute atomic E-state index is 13.4. The van der Waals surface area contributed by atoms with Gasteiger partial charge in [0.1, 0.15) is 5.82 Å². The maximum Gasteiger partial charge on any atom is 0.329 e. The van der Waals surface area contributed by atoms with Crippen molar-refractivity contribution in [2.24, 2.45) is 0 Å². The van der Waals surface area contributed by atoms with Crippen molar-refractivity contribution >= 4 is 16.9 Å². The molecule has 7 nitrogen and oxygen atoms in total. The Morgan fingerprint density at radius 2 is 1.67 bits per heavy atom. The number of imidazole rings is 1. The van der Waals surface area contributed by atoms with Crippen LogP contribution in [0.5, 0.6) is 0 Å². The molecule has 1 unspecified atom stereocenters. The molecule has 1 saturated heterocycles. The Hall–Kier alpha value is -2.97. The topological polar surface area (TPSA) is 68.5 Å². The van der Waals surface area contributed by atoms with Gasteiger partial charge in [-0.25, -0.2) is 9.18 Å². The van der Waals surface area contributed by atoms with E-state index in [9.17, 15) is 14.0 Å². The number of hydrogen-bond acceptors (Lipinski definition) is 4. The first-order valence-electron chi connectivity index (χ1n) is 11.6. The quantitative estimate of drug-likeness (QED) is 0.540. The van der Waals surface area contributed by atoms with E-state index in [1.807, 2.05) is 31.2 Å². The first-order chi connectivity index (χ1) is 16.1. The average molecular weight is 455 g/mol. The average Bonchev–Trinajstić information content (AvgIpc) is 3.10. The number of nitrogens with one attached hydrogen (secondary N) is 1. The van der Waals surface area contributed by atoms with Gasteiger partial charge in [-0.3, -0.25) is 18.8 Å². The summed E-state index contributed by atoms with van der Waals surface area (Å²) >= 11 is 0. The Bertz CT molecular complexity index is 1130. The van der Waals surface area contributed by atoms with Crippen molar-refractivity contribution in [3.8, 4) is 0 Å². The maximum atomic E-state index is 13.4. The predicted octanol–water partition coefficient (Wildman–Crippen LogP) is 2.93. The van der Waals surface area contributed by atoms with E-state index in [-0.39, 0.29) is 29.9 Å². The van der Waals surface area contributed by atoms with Gasteiger partial charge >= 0.3 is 5.69 Å². The van der Waals surface area contributed by atoms with Crippen molar-refractivity contribution in [3.05, 3.63) is 70.4 Å². The van der Waals surface area contributed by atoms with Crippen LogP contribution in [0.15, 0.2) is 53.3 Å². The van der Waals surface area contributed by atoms with Gasteiger partial charge in [0.25, 0.3) is 0 Å². The number of ether oxygens (including phenoxy) is 1. The highest BCUT2D eigenvalue weighted by molar-refractivity contribution is 5.78. The number of aromatic nitrogens is 2. The van der Waals surface area contributed by atoms with Crippen LogP contribution in [0.25, 0.3) is 11.0 Å². The van der Waals surface area contributed by atoms with Crippen molar-refractivity contribution in [2.75, 3.05) is 32.8 Å². The van der Waals surface area contributed by atoms with Gasteiger partial charge in [0.05, 0.1) is 30.3 Å². The molecule has 2 heterocycles. The van der Waals surface area contributed by atoms with E-state index in [0.29, 0.717) is 32.8 Å². The summed E-state index contributed by atoms with van der Waals surface area (Å²) in [6.45, 7) is 6.20. The van der Waals surface area contributed by atoms with Gasteiger partial charge in [0, 0.05) is 39.1 Å². The molecule has 0 radical (unpaired) electrons. The largest absolute Gasteiger partial charge is 0.379 e. The zero-order valence-corrected chi connectivity index (χ0v) is 19.0. The molecule has 1 aromatic heterocycles. The number of benzene rings is 2. The van der Waals surface area contributed by atoms with Crippen molar-refractivity contribution < 1.29 is 13.9 Å². The summed E-state index contributed by atoms with van der Waals surface area (Å²) in [6.07, 6.45) is 1.07. The van der Waals surface area contributed by atoms with E-state index in [1.165, 1.54) is 12.1 Å². The Kier molecular flexibility index (Phi) is 7.57. The van der Waals surface area contributed by atoms with Crippen LogP contribution in [0, 0.1) is 5.82 Å². The molecular formula is C25H31FN4O3. The number of hydrogen-bond donors (Lipinski definition) is 1. The van der Waals surface area contributed by atoms with E-state index in [1.54, 1.807) is 21.3 Å². The summed E-state index contributed by atoms with van der Waals surface area (Å²) in [5.41, 5.74) is 2.62. The second-order valence-electron chi connectivity index (χ2n) is 8.34. The monoisotopic (exact) mass is 454 g/mol. The summed E-state index contributed by atoms with van der Waals surface area (Å²) in [5, 5.41) is 3.03. The lowest BCUT2D eigenvalue weighted by Gasteiger charge is -2.35. The van der Waals surface area contributed by atoms with E-state index < -0.39 is 0 Å². The molecule has 1 aliphatic rings. The van der Waals surface area contributed by atoms with Gasteiger partial charge in [-0.2, -0.15) is 0 Å². The van der Waals surface area contributed by atoms with Crippen molar-refractivity contribution in [2.45, 2.75) is 38.9 Å². The minimum atomic E-state index is -0.281. The number of aryl methyl sites for hydroxylation is 2. The van der Waals surface area contributed by atoms with Crippen molar-refractivity contribution in [3.63, 3.8) is 0 Å². The second-order valence-corrected chi connectivity index (χ2v) is 8.34. The number of carbonyl (C=O) groups is 1. The van der Waals surface area contributed by atoms with E-state index in [2.05, 4.69) is 10.2 Å². The smallest absolute Gasteiger partial charge is 0.329 e. The van der Waals surface area contributed by atoms with Crippen LogP contribution in [0.4, 0.5) is 4.39 Å². The van der Waals surface area contributed by atoms with Gasteiger partial charge in [-0.05, 0) is 36.2 Å². The lowest BCUT2D eigenvalue weighted by Crippen LogP contribution is -2.44. The van der Waals surface area contributed by atoms with E-state index in [0.717, 1.165) is 36.1 Å². The third-order valence-electron chi connectivity index (χ3n) is 6.17. The molecule has 0 saturated carbocycles. The minimum absolute atomic E-state index is 0.0624. The molecule has 2 aromatic carbocycles. The number of halogens is 1.